The predicted octanol–water partition coefficient (Wildman–Crippen LogP) is 3.47. The highest BCUT2D eigenvalue weighted by Crippen LogP contribution is 2.11. The summed E-state index contributed by atoms with van der Waals surface area (Å²) in [6.45, 7) is 0. The summed E-state index contributed by atoms with van der Waals surface area (Å²) in [5.41, 5.74) is 2.57. The Hall–Kier alpha value is -0.900. The lowest BCUT2D eigenvalue weighted by atomic mass is 10.1. The first-order valence-corrected chi connectivity index (χ1v) is 6.07. The summed E-state index contributed by atoms with van der Waals surface area (Å²) in [6.07, 6.45) is 3.94. The molecular formula is C13H12IN. The van der Waals surface area contributed by atoms with E-state index in [0.717, 1.165) is 12.8 Å². The van der Waals surface area contributed by atoms with Gasteiger partial charge in [-0.25, -0.2) is 0 Å². The average molecular weight is 309 g/mol. The van der Waals surface area contributed by atoms with Crippen molar-refractivity contribution in [3.63, 3.8) is 0 Å². The van der Waals surface area contributed by atoms with E-state index in [1.54, 1.807) is 0 Å². The first-order valence-electron chi connectivity index (χ1n) is 4.99. The van der Waals surface area contributed by atoms with Crippen molar-refractivity contribution in [1.29, 1.82) is 0 Å². The van der Waals surface area contributed by atoms with E-state index in [2.05, 4.69) is 57.9 Å². The molecule has 0 amide bonds. The van der Waals surface area contributed by atoms with E-state index in [4.69, 9.17) is 0 Å². The summed E-state index contributed by atoms with van der Waals surface area (Å²) in [5.74, 6) is 0. The fourth-order valence-electron chi connectivity index (χ4n) is 1.51. The second-order valence-corrected chi connectivity index (χ2v) is 4.58. The minimum absolute atomic E-state index is 1.02. The van der Waals surface area contributed by atoms with Crippen LogP contribution in [-0.4, -0.2) is 4.98 Å². The lowest BCUT2D eigenvalue weighted by molar-refractivity contribution is 0.905. The zero-order valence-electron chi connectivity index (χ0n) is 8.36. The molecule has 0 aliphatic carbocycles. The molecular weight excluding hydrogens is 297 g/mol. The Morgan fingerprint density at radius 1 is 0.933 bits per heavy atom. The van der Waals surface area contributed by atoms with Gasteiger partial charge in [-0.15, -0.1) is 0 Å². The number of nitrogens with zero attached hydrogens (tertiary/aromatic N) is 1. The number of pyridine rings is 1. The number of aryl methyl sites for hydroxylation is 2. The summed E-state index contributed by atoms with van der Waals surface area (Å²) < 4.78 is 1.26. The van der Waals surface area contributed by atoms with Crippen molar-refractivity contribution < 1.29 is 0 Å². The summed E-state index contributed by atoms with van der Waals surface area (Å²) in [6, 6.07) is 14.6. The van der Waals surface area contributed by atoms with Gasteiger partial charge >= 0.3 is 0 Å². The molecule has 1 aromatic carbocycles. The van der Waals surface area contributed by atoms with Crippen molar-refractivity contribution in [3.05, 3.63) is 63.5 Å². The number of aromatic nitrogens is 1. The summed E-state index contributed by atoms with van der Waals surface area (Å²) >= 11 is 2.34. The van der Waals surface area contributed by atoms with Gasteiger partial charge in [0.05, 0.1) is 5.69 Å². The van der Waals surface area contributed by atoms with Crippen LogP contribution in [0, 0.1) is 3.57 Å². The molecule has 0 unspecified atom stereocenters. The minimum atomic E-state index is 1.02. The van der Waals surface area contributed by atoms with Crippen molar-refractivity contribution in [2.24, 2.45) is 0 Å². The van der Waals surface area contributed by atoms with E-state index < -0.39 is 0 Å². The first kappa shape index (κ1) is 10.6. The van der Waals surface area contributed by atoms with Gasteiger partial charge < -0.3 is 0 Å². The van der Waals surface area contributed by atoms with Gasteiger partial charge in [0.2, 0.25) is 0 Å². The third-order valence-corrected chi connectivity index (χ3v) is 3.31. The molecule has 1 heterocycles. The number of benzene rings is 1. The Balaban J connectivity index is 2.03. The van der Waals surface area contributed by atoms with E-state index >= 15 is 0 Å². The molecule has 1 nitrogen and oxygen atoms in total. The van der Waals surface area contributed by atoms with Crippen LogP contribution in [0.25, 0.3) is 0 Å². The highest BCUT2D eigenvalue weighted by Gasteiger charge is 2.00. The normalized spacial score (nSPS) is 10.2. The van der Waals surface area contributed by atoms with E-state index in [1.165, 1.54) is 14.8 Å². The molecule has 1 aromatic heterocycles. The van der Waals surface area contributed by atoms with Crippen LogP contribution in [0.1, 0.15) is 11.3 Å². The summed E-state index contributed by atoms with van der Waals surface area (Å²) in [7, 11) is 0. The smallest absolute Gasteiger partial charge is 0.0540 e. The van der Waals surface area contributed by atoms with Gasteiger partial charge in [-0.3, -0.25) is 4.98 Å². The van der Waals surface area contributed by atoms with Gasteiger partial charge in [0.15, 0.2) is 0 Å². The molecule has 0 bridgehead atoms. The van der Waals surface area contributed by atoms with Gasteiger partial charge in [-0.2, -0.15) is 0 Å². The van der Waals surface area contributed by atoms with Crippen molar-refractivity contribution >= 4 is 22.6 Å². The molecule has 2 heteroatoms. The SMILES string of the molecule is Ic1cccnc1CCc1ccccc1. The van der Waals surface area contributed by atoms with E-state index in [-0.39, 0.29) is 0 Å². The molecule has 0 radical (unpaired) electrons. The second kappa shape index (κ2) is 5.26. The lowest BCUT2D eigenvalue weighted by Gasteiger charge is -2.03. The van der Waals surface area contributed by atoms with Crippen LogP contribution >= 0.6 is 22.6 Å². The molecule has 0 aliphatic heterocycles. The minimum Gasteiger partial charge on any atom is -0.260 e. The van der Waals surface area contributed by atoms with Crippen molar-refractivity contribution in [2.45, 2.75) is 12.8 Å². The Kier molecular flexibility index (Phi) is 3.72. The van der Waals surface area contributed by atoms with Crippen LogP contribution < -0.4 is 0 Å². The third kappa shape index (κ3) is 3.02. The molecule has 2 aromatic rings. The predicted molar refractivity (Wildman–Crippen MR) is 70.8 cm³/mol. The molecule has 0 N–H and O–H groups in total. The fraction of sp³-hybridized carbons (Fsp3) is 0.154. The standard InChI is InChI=1S/C13H12IN/c14-12-7-4-10-15-13(12)9-8-11-5-2-1-3-6-11/h1-7,10H,8-9H2. The van der Waals surface area contributed by atoms with Crippen LogP contribution in [0.15, 0.2) is 48.7 Å². The van der Waals surface area contributed by atoms with Crippen LogP contribution in [0.4, 0.5) is 0 Å². The van der Waals surface area contributed by atoms with Crippen LogP contribution in [0.3, 0.4) is 0 Å². The zero-order chi connectivity index (χ0) is 10.5. The summed E-state index contributed by atoms with van der Waals surface area (Å²) in [5, 5.41) is 0. The number of hydrogen-bond donors (Lipinski definition) is 0. The molecule has 15 heavy (non-hydrogen) atoms. The average Bonchev–Trinajstić information content (AvgIpc) is 2.29. The van der Waals surface area contributed by atoms with Gasteiger partial charge in [0, 0.05) is 9.77 Å². The van der Waals surface area contributed by atoms with Crippen LogP contribution in [0.5, 0.6) is 0 Å². The maximum Gasteiger partial charge on any atom is 0.0540 e. The summed E-state index contributed by atoms with van der Waals surface area (Å²) in [4.78, 5) is 4.39. The largest absolute Gasteiger partial charge is 0.260 e. The molecule has 2 rings (SSSR count). The Bertz CT molecular complexity index is 426. The molecule has 0 atom stereocenters. The highest BCUT2D eigenvalue weighted by molar-refractivity contribution is 14.1. The third-order valence-electron chi connectivity index (χ3n) is 2.33. The zero-order valence-corrected chi connectivity index (χ0v) is 10.5. The first-order chi connectivity index (χ1) is 7.36. The Morgan fingerprint density at radius 2 is 1.73 bits per heavy atom. The van der Waals surface area contributed by atoms with Crippen molar-refractivity contribution in [2.75, 3.05) is 0 Å². The maximum absolute atomic E-state index is 4.39. The topological polar surface area (TPSA) is 12.9 Å². The number of hydrogen-bond acceptors (Lipinski definition) is 1. The van der Waals surface area contributed by atoms with E-state index in [1.807, 2.05) is 18.3 Å². The molecule has 0 saturated carbocycles. The Morgan fingerprint density at radius 3 is 2.47 bits per heavy atom. The van der Waals surface area contributed by atoms with Crippen LogP contribution in [-0.2, 0) is 12.8 Å². The number of halogens is 1. The quantitative estimate of drug-likeness (QED) is 0.791. The Labute approximate surface area is 104 Å². The van der Waals surface area contributed by atoms with Crippen molar-refractivity contribution in [1.82, 2.24) is 4.98 Å². The van der Waals surface area contributed by atoms with Crippen molar-refractivity contribution in [3.8, 4) is 0 Å². The number of rotatable bonds is 3. The monoisotopic (exact) mass is 309 g/mol. The van der Waals surface area contributed by atoms with Gasteiger partial charge in [0.25, 0.3) is 0 Å². The molecule has 0 aliphatic rings. The van der Waals surface area contributed by atoms with Gasteiger partial charge in [-0.1, -0.05) is 30.3 Å². The maximum atomic E-state index is 4.39. The van der Waals surface area contributed by atoms with Gasteiger partial charge in [0.1, 0.15) is 0 Å². The fourth-order valence-corrected chi connectivity index (χ4v) is 2.13. The van der Waals surface area contributed by atoms with Gasteiger partial charge in [-0.05, 0) is 53.1 Å². The van der Waals surface area contributed by atoms with E-state index in [9.17, 15) is 0 Å². The second-order valence-electron chi connectivity index (χ2n) is 3.42. The lowest BCUT2D eigenvalue weighted by Crippen LogP contribution is -1.96. The van der Waals surface area contributed by atoms with E-state index in [0.29, 0.717) is 0 Å². The van der Waals surface area contributed by atoms with Crippen LogP contribution in [0.2, 0.25) is 0 Å². The molecule has 0 saturated heterocycles. The molecule has 0 spiro atoms. The highest BCUT2D eigenvalue weighted by atomic mass is 127. The molecule has 76 valence electrons. The molecule has 0 fully saturated rings.